The van der Waals surface area contributed by atoms with E-state index >= 15 is 0 Å². The van der Waals surface area contributed by atoms with E-state index in [1.165, 1.54) is 70.6 Å². The topological polar surface area (TPSA) is 123 Å². The number of cyclic esters (lactones) is 1. The number of hydrogen-bond acceptors (Lipinski definition) is 9. The van der Waals surface area contributed by atoms with Gasteiger partial charge in [0.1, 0.15) is 19.8 Å². The molecule has 0 bridgehead atoms. The molecule has 270 valence electrons. The van der Waals surface area contributed by atoms with E-state index in [-0.39, 0.29) is 29.7 Å². The van der Waals surface area contributed by atoms with Crippen LogP contribution in [-0.2, 0) is 52.1 Å². The summed E-state index contributed by atoms with van der Waals surface area (Å²) in [7, 11) is 0. The average molecular weight is 689 g/mol. The Morgan fingerprint density at radius 2 is 1.48 bits per heavy atom. The van der Waals surface area contributed by atoms with Crippen molar-refractivity contribution in [2.45, 2.75) is 129 Å². The first-order valence-corrected chi connectivity index (χ1v) is 18.7. The molecule has 2 aromatic heterocycles. The molecule has 2 aliphatic rings. The number of benzene rings is 1. The van der Waals surface area contributed by atoms with Crippen LogP contribution in [0.25, 0.3) is 22.3 Å². The minimum absolute atomic E-state index is 0.0344. The highest BCUT2D eigenvalue weighted by Crippen LogP contribution is 2.41. The second kappa shape index (κ2) is 18.3. The third-order valence-electron chi connectivity index (χ3n) is 9.87. The standard InChI is InChI=1S/C40H52N2O8/c1-3-5-6-7-8-9-10-11-12-13-14-15-16-19-22-48-35(43)27-47-28-36(44)50-40(4-2)32-24-34-37-30(23-29-20-17-18-21-33(29)41-37)25-42(34)38(45)31(32)26-49-39(40)46/h17-18,20-21,23-24H,3-16,19,22,25-28H2,1-2H3/t40-/m0/s1. The van der Waals surface area contributed by atoms with Gasteiger partial charge in [-0.1, -0.05) is 116 Å². The molecule has 1 atom stereocenters. The minimum Gasteiger partial charge on any atom is -0.464 e. The number of carbonyl (C=O) groups is 3. The molecule has 0 spiro atoms. The van der Waals surface area contributed by atoms with E-state index in [0.717, 1.165) is 35.7 Å². The van der Waals surface area contributed by atoms with Crippen molar-refractivity contribution in [1.29, 1.82) is 0 Å². The first-order valence-electron chi connectivity index (χ1n) is 18.7. The lowest BCUT2D eigenvalue weighted by atomic mass is 9.85. The van der Waals surface area contributed by atoms with E-state index in [1.54, 1.807) is 17.6 Å². The van der Waals surface area contributed by atoms with E-state index in [2.05, 4.69) is 6.92 Å². The van der Waals surface area contributed by atoms with Crippen molar-refractivity contribution in [3.05, 3.63) is 63.4 Å². The Balaban J connectivity index is 1.05. The van der Waals surface area contributed by atoms with E-state index in [9.17, 15) is 19.2 Å². The fourth-order valence-corrected chi connectivity index (χ4v) is 7.05. The fraction of sp³-hybridized carbons (Fsp3) is 0.575. The number of para-hydroxylation sites is 1. The number of fused-ring (bicyclic) bond motifs is 5. The first kappa shape index (κ1) is 37.2. The molecular weight excluding hydrogens is 636 g/mol. The van der Waals surface area contributed by atoms with E-state index < -0.39 is 36.7 Å². The Morgan fingerprint density at radius 1 is 0.840 bits per heavy atom. The van der Waals surface area contributed by atoms with Crippen molar-refractivity contribution in [2.24, 2.45) is 0 Å². The molecule has 10 nitrogen and oxygen atoms in total. The number of esters is 3. The number of pyridine rings is 2. The van der Waals surface area contributed by atoms with Gasteiger partial charge < -0.3 is 23.5 Å². The van der Waals surface area contributed by atoms with Crippen molar-refractivity contribution in [3.63, 3.8) is 0 Å². The zero-order valence-electron chi connectivity index (χ0n) is 29.8. The predicted molar refractivity (Wildman–Crippen MR) is 190 cm³/mol. The number of nitrogens with zero attached hydrogens (tertiary/aromatic N) is 2. The molecule has 4 heterocycles. The number of ether oxygens (including phenoxy) is 4. The first-order chi connectivity index (χ1) is 24.4. The van der Waals surface area contributed by atoms with Gasteiger partial charge in [0.05, 0.1) is 35.6 Å². The molecule has 3 aromatic rings. The number of hydrogen-bond donors (Lipinski definition) is 0. The smallest absolute Gasteiger partial charge is 0.355 e. The molecule has 0 unspecified atom stereocenters. The number of aromatic nitrogens is 2. The summed E-state index contributed by atoms with van der Waals surface area (Å²) < 4.78 is 23.3. The molecule has 0 radical (unpaired) electrons. The summed E-state index contributed by atoms with van der Waals surface area (Å²) >= 11 is 0. The van der Waals surface area contributed by atoms with Crippen LogP contribution in [0.15, 0.2) is 41.2 Å². The highest BCUT2D eigenvalue weighted by molar-refractivity contribution is 5.88. The SMILES string of the molecule is CCCCCCCCCCCCCCCCOC(=O)COCC(=O)O[C@]1(CC)C(=O)OCc2c1cc1n(c2=O)Cc2cc3ccccc3nc2-1. The third-order valence-corrected chi connectivity index (χ3v) is 9.87. The molecule has 0 N–H and O–H groups in total. The van der Waals surface area contributed by atoms with Gasteiger partial charge >= 0.3 is 17.9 Å². The number of rotatable bonds is 21. The van der Waals surface area contributed by atoms with E-state index in [0.29, 0.717) is 24.5 Å². The van der Waals surface area contributed by atoms with Crippen LogP contribution in [0, 0.1) is 0 Å². The van der Waals surface area contributed by atoms with Gasteiger partial charge in [0.25, 0.3) is 5.56 Å². The van der Waals surface area contributed by atoms with Crippen molar-refractivity contribution in [1.82, 2.24) is 9.55 Å². The molecule has 0 fully saturated rings. The second-order valence-electron chi connectivity index (χ2n) is 13.5. The average Bonchev–Trinajstić information content (AvgIpc) is 3.47. The molecule has 0 aliphatic carbocycles. The number of carbonyl (C=O) groups excluding carboxylic acids is 3. The minimum atomic E-state index is -1.84. The Hall–Kier alpha value is -4.05. The lowest BCUT2D eigenvalue weighted by Gasteiger charge is -2.35. The van der Waals surface area contributed by atoms with Gasteiger partial charge in [0.2, 0.25) is 5.60 Å². The summed E-state index contributed by atoms with van der Waals surface area (Å²) in [5, 5.41) is 0.964. The number of unbranched alkanes of at least 4 members (excludes halogenated alkanes) is 13. The Bertz CT molecular complexity index is 1700. The molecule has 0 saturated heterocycles. The summed E-state index contributed by atoms with van der Waals surface area (Å²) in [6, 6.07) is 11.4. The Morgan fingerprint density at radius 3 is 2.16 bits per heavy atom. The third kappa shape index (κ3) is 8.99. The molecule has 10 heteroatoms. The normalized spacial score (nSPS) is 16.1. The van der Waals surface area contributed by atoms with Crippen LogP contribution in [-0.4, -0.2) is 47.3 Å². The van der Waals surface area contributed by atoms with Gasteiger partial charge in [-0.25, -0.2) is 19.4 Å². The molecule has 50 heavy (non-hydrogen) atoms. The predicted octanol–water partition coefficient (Wildman–Crippen LogP) is 7.67. The maximum atomic E-state index is 13.7. The van der Waals surface area contributed by atoms with Crippen LogP contribution in [0.2, 0.25) is 0 Å². The monoisotopic (exact) mass is 688 g/mol. The quantitative estimate of drug-likeness (QED) is 0.0493. The van der Waals surface area contributed by atoms with Gasteiger partial charge in [-0.05, 0) is 31.0 Å². The van der Waals surface area contributed by atoms with Gasteiger partial charge in [-0.2, -0.15) is 0 Å². The van der Waals surface area contributed by atoms with Crippen LogP contribution >= 0.6 is 0 Å². The Kier molecular flexibility index (Phi) is 13.6. The largest absolute Gasteiger partial charge is 0.464 e. The van der Waals surface area contributed by atoms with Crippen molar-refractivity contribution in [2.75, 3.05) is 19.8 Å². The van der Waals surface area contributed by atoms with Gasteiger partial charge in [0, 0.05) is 16.5 Å². The summed E-state index contributed by atoms with van der Waals surface area (Å²) in [5.74, 6) is -2.19. The second-order valence-corrected chi connectivity index (χ2v) is 13.5. The van der Waals surface area contributed by atoms with Crippen LogP contribution in [0.4, 0.5) is 0 Å². The molecule has 0 amide bonds. The summed E-state index contributed by atoms with van der Waals surface area (Å²) in [6.07, 6.45) is 17.5. The highest BCUT2D eigenvalue weighted by atomic mass is 16.6. The molecule has 2 aliphatic heterocycles. The summed E-state index contributed by atoms with van der Waals surface area (Å²) in [4.78, 5) is 56.9. The summed E-state index contributed by atoms with van der Waals surface area (Å²) in [5.41, 5.74) is 1.26. The molecule has 1 aromatic carbocycles. The van der Waals surface area contributed by atoms with Crippen molar-refractivity contribution < 1.29 is 33.3 Å². The molecule has 5 rings (SSSR count). The van der Waals surface area contributed by atoms with Gasteiger partial charge in [-0.15, -0.1) is 0 Å². The van der Waals surface area contributed by atoms with E-state index in [4.69, 9.17) is 23.9 Å². The highest BCUT2D eigenvalue weighted by Gasteiger charge is 2.50. The molecular formula is C40H52N2O8. The van der Waals surface area contributed by atoms with Crippen LogP contribution in [0.3, 0.4) is 0 Å². The van der Waals surface area contributed by atoms with Crippen LogP contribution < -0.4 is 5.56 Å². The maximum absolute atomic E-state index is 13.7. The fourth-order valence-electron chi connectivity index (χ4n) is 7.05. The van der Waals surface area contributed by atoms with Gasteiger partial charge in [0.15, 0.2) is 0 Å². The van der Waals surface area contributed by atoms with Crippen LogP contribution in [0.5, 0.6) is 0 Å². The van der Waals surface area contributed by atoms with Crippen LogP contribution in [0.1, 0.15) is 127 Å². The lowest BCUT2D eigenvalue weighted by molar-refractivity contribution is -0.192. The lowest BCUT2D eigenvalue weighted by Crippen LogP contribution is -2.48. The zero-order chi connectivity index (χ0) is 35.3. The van der Waals surface area contributed by atoms with Crippen molar-refractivity contribution >= 4 is 28.8 Å². The maximum Gasteiger partial charge on any atom is 0.355 e. The summed E-state index contributed by atoms with van der Waals surface area (Å²) in [6.45, 7) is 3.37. The van der Waals surface area contributed by atoms with Gasteiger partial charge in [-0.3, -0.25) is 4.79 Å². The molecule has 0 saturated carbocycles. The van der Waals surface area contributed by atoms with E-state index in [1.807, 2.05) is 30.3 Å². The Labute approximate surface area is 294 Å². The zero-order valence-corrected chi connectivity index (χ0v) is 29.8. The van der Waals surface area contributed by atoms with Crippen molar-refractivity contribution in [3.8, 4) is 11.4 Å².